The van der Waals surface area contributed by atoms with E-state index in [1.807, 2.05) is 0 Å². The fourth-order valence-electron chi connectivity index (χ4n) is 3.11. The molecule has 3 N–H and O–H groups in total. The molecule has 1 unspecified atom stereocenters. The van der Waals surface area contributed by atoms with Gasteiger partial charge in [-0.25, -0.2) is 0 Å². The third kappa shape index (κ3) is 22.3. The van der Waals surface area contributed by atoms with Crippen LogP contribution in [-0.2, 0) is 0 Å². The number of nitrogens with one attached hydrogen (secondary N) is 1. The number of aliphatic hydroxyl groups is 2. The Balaban J connectivity index is 0. The van der Waals surface area contributed by atoms with Crippen LogP contribution in [0.5, 0.6) is 0 Å². The minimum atomic E-state index is -1.24. The van der Waals surface area contributed by atoms with Crippen molar-refractivity contribution >= 4 is 17.0 Å². The molecule has 0 bridgehead atoms. The van der Waals surface area contributed by atoms with E-state index in [9.17, 15) is 0 Å². The van der Waals surface area contributed by atoms with Gasteiger partial charge in [0.15, 0.2) is 6.29 Å². The van der Waals surface area contributed by atoms with Crippen LogP contribution in [0.25, 0.3) is 0 Å². The van der Waals surface area contributed by atoms with Gasteiger partial charge in [0.1, 0.15) is 0 Å². The van der Waals surface area contributed by atoms with Crippen LogP contribution in [0, 0.1) is 0 Å². The van der Waals surface area contributed by atoms with Crippen LogP contribution >= 0.6 is 17.0 Å². The summed E-state index contributed by atoms with van der Waals surface area (Å²) in [6.45, 7) is 4.97. The van der Waals surface area contributed by atoms with E-state index >= 15 is 0 Å². The number of unbranched alkanes of at least 4 members (excludes halogenated alkanes) is 15. The van der Waals surface area contributed by atoms with Crippen LogP contribution in [0.3, 0.4) is 0 Å². The van der Waals surface area contributed by atoms with Crippen molar-refractivity contribution in [2.75, 3.05) is 6.54 Å². The average Bonchev–Trinajstić information content (AvgIpc) is 2.57. The van der Waals surface area contributed by atoms with Gasteiger partial charge in [-0.15, -0.1) is 17.0 Å². The van der Waals surface area contributed by atoms with Crippen molar-refractivity contribution in [1.29, 1.82) is 0 Å². The maximum absolute atomic E-state index is 8.95. The SMILES string of the molecule is Br.CCCCCCCCCCCCCCCCCCNC(C)C(O)O. The van der Waals surface area contributed by atoms with Crippen LogP contribution in [0.15, 0.2) is 0 Å². The summed E-state index contributed by atoms with van der Waals surface area (Å²) in [6.07, 6.45) is 20.9. The van der Waals surface area contributed by atoms with E-state index < -0.39 is 6.29 Å². The van der Waals surface area contributed by atoms with Crippen LogP contribution in [0.1, 0.15) is 117 Å². The van der Waals surface area contributed by atoms with Gasteiger partial charge in [-0.05, 0) is 19.9 Å². The van der Waals surface area contributed by atoms with E-state index in [4.69, 9.17) is 10.2 Å². The van der Waals surface area contributed by atoms with Crippen LogP contribution in [-0.4, -0.2) is 29.1 Å². The fourth-order valence-corrected chi connectivity index (χ4v) is 3.11. The van der Waals surface area contributed by atoms with Gasteiger partial charge in [-0.2, -0.15) is 0 Å². The molecule has 0 spiro atoms. The lowest BCUT2D eigenvalue weighted by atomic mass is 10.0. The molecule has 4 heteroatoms. The number of hydrogen-bond acceptors (Lipinski definition) is 3. The van der Waals surface area contributed by atoms with Gasteiger partial charge < -0.3 is 15.5 Å². The Morgan fingerprint density at radius 2 is 0.920 bits per heavy atom. The quantitative estimate of drug-likeness (QED) is 0.173. The third-order valence-corrected chi connectivity index (χ3v) is 4.94. The standard InChI is InChI=1S/C21H45NO2.BrH/c1-3-4-5-6-7-8-9-10-11-12-13-14-15-16-17-18-19-22-20(2)21(23)24;/h20-24H,3-19H2,1-2H3;1H. The molecule has 154 valence electrons. The summed E-state index contributed by atoms with van der Waals surface area (Å²) >= 11 is 0. The minimum absolute atomic E-state index is 0. The molecule has 0 aromatic heterocycles. The average molecular weight is 425 g/mol. The van der Waals surface area contributed by atoms with Gasteiger partial charge in [0.2, 0.25) is 0 Å². The Hall–Kier alpha value is 0.360. The van der Waals surface area contributed by atoms with Gasteiger partial charge in [0.05, 0.1) is 6.04 Å². The van der Waals surface area contributed by atoms with Crippen molar-refractivity contribution in [1.82, 2.24) is 5.32 Å². The highest BCUT2D eigenvalue weighted by Gasteiger charge is 2.07. The summed E-state index contributed by atoms with van der Waals surface area (Å²) in [7, 11) is 0. The van der Waals surface area contributed by atoms with Crippen molar-refractivity contribution in [3.05, 3.63) is 0 Å². The van der Waals surface area contributed by atoms with E-state index in [2.05, 4.69) is 12.2 Å². The van der Waals surface area contributed by atoms with Crippen LogP contribution in [0.4, 0.5) is 0 Å². The van der Waals surface area contributed by atoms with E-state index in [1.54, 1.807) is 6.92 Å². The maximum Gasteiger partial charge on any atom is 0.166 e. The van der Waals surface area contributed by atoms with Gasteiger partial charge in [-0.1, -0.05) is 103 Å². The highest BCUT2D eigenvalue weighted by molar-refractivity contribution is 8.93. The summed E-state index contributed by atoms with van der Waals surface area (Å²) in [5.41, 5.74) is 0. The van der Waals surface area contributed by atoms with Crippen molar-refractivity contribution in [3.63, 3.8) is 0 Å². The molecule has 0 amide bonds. The number of halogens is 1. The highest BCUT2D eigenvalue weighted by atomic mass is 79.9. The molecule has 0 radical (unpaired) electrons. The van der Waals surface area contributed by atoms with Crippen molar-refractivity contribution in [2.24, 2.45) is 0 Å². The molecule has 0 aromatic carbocycles. The van der Waals surface area contributed by atoms with Crippen molar-refractivity contribution < 1.29 is 10.2 Å². The first-order valence-electron chi connectivity index (χ1n) is 10.8. The van der Waals surface area contributed by atoms with Gasteiger partial charge in [-0.3, -0.25) is 0 Å². The van der Waals surface area contributed by atoms with Gasteiger partial charge >= 0.3 is 0 Å². The smallest absolute Gasteiger partial charge is 0.166 e. The second-order valence-corrected chi connectivity index (χ2v) is 7.46. The molecule has 1 atom stereocenters. The zero-order chi connectivity index (χ0) is 17.9. The number of hydrogen-bond donors (Lipinski definition) is 3. The summed E-state index contributed by atoms with van der Waals surface area (Å²) in [5, 5.41) is 21.0. The van der Waals surface area contributed by atoms with Crippen LogP contribution < -0.4 is 5.32 Å². The zero-order valence-electron chi connectivity index (χ0n) is 17.0. The van der Waals surface area contributed by atoms with Crippen LogP contribution in [0.2, 0.25) is 0 Å². The molecule has 0 aromatic rings. The number of aliphatic hydroxyl groups excluding tert-OH is 1. The zero-order valence-corrected chi connectivity index (χ0v) is 18.7. The predicted molar refractivity (Wildman–Crippen MR) is 116 cm³/mol. The lowest BCUT2D eigenvalue weighted by Gasteiger charge is -2.15. The Bertz CT molecular complexity index is 240. The molecule has 0 aliphatic carbocycles. The Morgan fingerprint density at radius 3 is 1.24 bits per heavy atom. The van der Waals surface area contributed by atoms with E-state index in [-0.39, 0.29) is 23.0 Å². The molecular formula is C21H46BrNO2. The molecule has 3 nitrogen and oxygen atoms in total. The minimum Gasteiger partial charge on any atom is -0.367 e. The molecular weight excluding hydrogens is 378 g/mol. The summed E-state index contributed by atoms with van der Waals surface area (Å²) in [5.74, 6) is 0. The molecule has 0 fully saturated rings. The Morgan fingerprint density at radius 1 is 0.600 bits per heavy atom. The first-order chi connectivity index (χ1) is 11.7. The third-order valence-electron chi connectivity index (χ3n) is 4.94. The summed E-state index contributed by atoms with van der Waals surface area (Å²) in [6, 6.07) is -0.221. The molecule has 0 saturated heterocycles. The topological polar surface area (TPSA) is 52.5 Å². The highest BCUT2D eigenvalue weighted by Crippen LogP contribution is 2.13. The fraction of sp³-hybridized carbons (Fsp3) is 1.00. The second-order valence-electron chi connectivity index (χ2n) is 7.46. The molecule has 0 rings (SSSR count). The Labute approximate surface area is 168 Å². The summed E-state index contributed by atoms with van der Waals surface area (Å²) < 4.78 is 0. The lowest BCUT2D eigenvalue weighted by Crippen LogP contribution is -2.37. The van der Waals surface area contributed by atoms with E-state index in [0.29, 0.717) is 0 Å². The van der Waals surface area contributed by atoms with Crippen molar-refractivity contribution in [2.45, 2.75) is 129 Å². The van der Waals surface area contributed by atoms with Crippen molar-refractivity contribution in [3.8, 4) is 0 Å². The number of rotatable bonds is 19. The molecule has 0 aliphatic heterocycles. The van der Waals surface area contributed by atoms with E-state index in [0.717, 1.165) is 13.0 Å². The predicted octanol–water partition coefficient (Wildman–Crippen LogP) is 6.11. The molecule has 0 saturated carbocycles. The first kappa shape index (κ1) is 27.6. The summed E-state index contributed by atoms with van der Waals surface area (Å²) in [4.78, 5) is 0. The van der Waals surface area contributed by atoms with Gasteiger partial charge in [0, 0.05) is 0 Å². The molecule has 25 heavy (non-hydrogen) atoms. The maximum atomic E-state index is 8.95. The first-order valence-corrected chi connectivity index (χ1v) is 10.8. The second kappa shape index (κ2) is 22.4. The lowest BCUT2D eigenvalue weighted by molar-refractivity contribution is -0.0623. The Kier molecular flexibility index (Phi) is 24.7. The monoisotopic (exact) mass is 423 g/mol. The molecule has 0 heterocycles. The normalized spacial score (nSPS) is 12.4. The largest absolute Gasteiger partial charge is 0.367 e. The van der Waals surface area contributed by atoms with E-state index in [1.165, 1.54) is 96.3 Å². The molecule has 0 aliphatic rings. The van der Waals surface area contributed by atoms with Gasteiger partial charge in [0.25, 0.3) is 0 Å².